The number of hydrogen-bond acceptors (Lipinski definition) is 3. The maximum Gasteiger partial charge on any atom is 0.162 e. The second-order valence-electron chi connectivity index (χ2n) is 4.32. The summed E-state index contributed by atoms with van der Waals surface area (Å²) in [5.74, 6) is 0.00484. The third-order valence-corrected chi connectivity index (χ3v) is 4.56. The maximum atomic E-state index is 14.1. The summed E-state index contributed by atoms with van der Waals surface area (Å²) in [5, 5.41) is 0.736. The largest absolute Gasteiger partial charge is 0.225 e. The van der Waals surface area contributed by atoms with E-state index in [9.17, 15) is 4.39 Å². The molecule has 0 aliphatic heterocycles. The SMILES string of the molecule is CSc1ccccc1-c1nc(Cl)c2cc(Br)cc(F)c2n1. The number of halogens is 3. The van der Waals surface area contributed by atoms with Crippen molar-refractivity contribution in [1.82, 2.24) is 9.97 Å². The summed E-state index contributed by atoms with van der Waals surface area (Å²) < 4.78 is 14.7. The fourth-order valence-electron chi connectivity index (χ4n) is 2.07. The predicted molar refractivity (Wildman–Crippen MR) is 89.4 cm³/mol. The smallest absolute Gasteiger partial charge is 0.162 e. The van der Waals surface area contributed by atoms with Crippen LogP contribution in [0.25, 0.3) is 22.3 Å². The quantitative estimate of drug-likeness (QED) is 0.427. The molecule has 1 heterocycles. The van der Waals surface area contributed by atoms with Crippen LogP contribution in [0.2, 0.25) is 5.15 Å². The van der Waals surface area contributed by atoms with E-state index >= 15 is 0 Å². The van der Waals surface area contributed by atoms with Gasteiger partial charge >= 0.3 is 0 Å². The van der Waals surface area contributed by atoms with Gasteiger partial charge in [0.1, 0.15) is 10.7 Å². The molecule has 0 amide bonds. The molecule has 0 fully saturated rings. The van der Waals surface area contributed by atoms with Gasteiger partial charge in [-0.3, -0.25) is 0 Å². The van der Waals surface area contributed by atoms with Crippen LogP contribution in [0.4, 0.5) is 4.39 Å². The van der Waals surface area contributed by atoms with Crippen LogP contribution in [0.3, 0.4) is 0 Å². The topological polar surface area (TPSA) is 25.8 Å². The highest BCUT2D eigenvalue weighted by Gasteiger charge is 2.14. The fourth-order valence-corrected chi connectivity index (χ4v) is 3.32. The van der Waals surface area contributed by atoms with E-state index in [1.54, 1.807) is 17.8 Å². The summed E-state index contributed by atoms with van der Waals surface area (Å²) in [6.45, 7) is 0. The molecule has 0 aliphatic carbocycles. The molecule has 0 atom stereocenters. The van der Waals surface area contributed by atoms with Gasteiger partial charge in [0.25, 0.3) is 0 Å². The average Bonchev–Trinajstić information content (AvgIpc) is 2.48. The van der Waals surface area contributed by atoms with Crippen molar-refractivity contribution in [3.8, 4) is 11.4 Å². The van der Waals surface area contributed by atoms with Crippen molar-refractivity contribution in [2.45, 2.75) is 4.90 Å². The third kappa shape index (κ3) is 2.78. The number of fused-ring (bicyclic) bond motifs is 1. The van der Waals surface area contributed by atoms with E-state index in [4.69, 9.17) is 11.6 Å². The molecule has 0 saturated heterocycles. The second kappa shape index (κ2) is 5.91. The van der Waals surface area contributed by atoms with Crippen molar-refractivity contribution in [2.24, 2.45) is 0 Å². The molecule has 106 valence electrons. The maximum absolute atomic E-state index is 14.1. The number of hydrogen-bond donors (Lipinski definition) is 0. The Balaban J connectivity index is 2.30. The lowest BCUT2D eigenvalue weighted by molar-refractivity contribution is 0.636. The summed E-state index contributed by atoms with van der Waals surface area (Å²) in [5.41, 5.74) is 1.07. The Morgan fingerprint density at radius 1 is 1.19 bits per heavy atom. The molecular formula is C15H9BrClFN2S. The molecule has 0 unspecified atom stereocenters. The van der Waals surface area contributed by atoms with Crippen LogP contribution >= 0.6 is 39.3 Å². The van der Waals surface area contributed by atoms with Crippen molar-refractivity contribution in [1.29, 1.82) is 0 Å². The molecule has 3 aromatic rings. The summed E-state index contributed by atoms with van der Waals surface area (Å²) in [4.78, 5) is 9.69. The number of thioether (sulfide) groups is 1. The number of nitrogens with zero attached hydrogens (tertiary/aromatic N) is 2. The molecule has 6 heteroatoms. The van der Waals surface area contributed by atoms with Gasteiger partial charge in [0.2, 0.25) is 0 Å². The van der Waals surface area contributed by atoms with Gasteiger partial charge in [-0.25, -0.2) is 14.4 Å². The van der Waals surface area contributed by atoms with Crippen molar-refractivity contribution in [2.75, 3.05) is 6.26 Å². The molecular weight excluding hydrogens is 375 g/mol. The lowest BCUT2D eigenvalue weighted by Gasteiger charge is -2.09. The van der Waals surface area contributed by atoms with Crippen LogP contribution in [0.5, 0.6) is 0 Å². The monoisotopic (exact) mass is 382 g/mol. The molecule has 0 aliphatic rings. The molecule has 0 N–H and O–H groups in total. The Morgan fingerprint density at radius 2 is 1.95 bits per heavy atom. The standard InChI is InChI=1S/C15H9BrClFN2S/c1-21-12-5-3-2-4-9(12)15-19-13-10(14(17)20-15)6-8(16)7-11(13)18/h2-7H,1H3. The average molecular weight is 384 g/mol. The van der Waals surface area contributed by atoms with Crippen LogP contribution in [-0.4, -0.2) is 16.2 Å². The van der Waals surface area contributed by atoms with Crippen LogP contribution in [0.15, 0.2) is 45.8 Å². The molecule has 21 heavy (non-hydrogen) atoms. The van der Waals surface area contributed by atoms with Crippen LogP contribution in [0.1, 0.15) is 0 Å². The highest BCUT2D eigenvalue weighted by Crippen LogP contribution is 2.32. The van der Waals surface area contributed by atoms with E-state index in [-0.39, 0.29) is 10.7 Å². The van der Waals surface area contributed by atoms with Crippen molar-refractivity contribution in [3.63, 3.8) is 0 Å². The minimum Gasteiger partial charge on any atom is -0.225 e. The van der Waals surface area contributed by atoms with Crippen LogP contribution in [0, 0.1) is 5.82 Å². The second-order valence-corrected chi connectivity index (χ2v) is 6.44. The molecule has 1 aromatic heterocycles. The normalized spacial score (nSPS) is 11.0. The van der Waals surface area contributed by atoms with Gasteiger partial charge in [0, 0.05) is 20.3 Å². The Morgan fingerprint density at radius 3 is 2.71 bits per heavy atom. The first-order chi connectivity index (χ1) is 10.1. The summed E-state index contributed by atoms with van der Waals surface area (Å²) in [6.07, 6.45) is 1.97. The first-order valence-electron chi connectivity index (χ1n) is 6.06. The fraction of sp³-hybridized carbons (Fsp3) is 0.0667. The molecule has 0 radical (unpaired) electrons. The van der Waals surface area contributed by atoms with Gasteiger partial charge in [-0.2, -0.15) is 0 Å². The Hall–Kier alpha value is -1.17. The zero-order valence-electron chi connectivity index (χ0n) is 10.9. The third-order valence-electron chi connectivity index (χ3n) is 3.02. The van der Waals surface area contributed by atoms with E-state index in [0.717, 1.165) is 10.5 Å². The van der Waals surface area contributed by atoms with Crippen LogP contribution in [-0.2, 0) is 0 Å². The molecule has 0 saturated carbocycles. The van der Waals surface area contributed by atoms with E-state index in [0.29, 0.717) is 15.7 Å². The predicted octanol–water partition coefficient (Wildman–Crippen LogP) is 5.57. The summed E-state index contributed by atoms with van der Waals surface area (Å²) in [7, 11) is 0. The van der Waals surface area contributed by atoms with Crippen molar-refractivity contribution >= 4 is 50.2 Å². The zero-order chi connectivity index (χ0) is 15.0. The zero-order valence-corrected chi connectivity index (χ0v) is 14.1. The van der Waals surface area contributed by atoms with E-state index in [1.165, 1.54) is 6.07 Å². The van der Waals surface area contributed by atoms with Crippen molar-refractivity contribution in [3.05, 3.63) is 51.8 Å². The molecule has 2 nitrogen and oxygen atoms in total. The summed E-state index contributed by atoms with van der Waals surface area (Å²) >= 11 is 11.0. The molecule has 0 spiro atoms. The highest BCUT2D eigenvalue weighted by atomic mass is 79.9. The molecule has 0 bridgehead atoms. The minimum atomic E-state index is -0.424. The highest BCUT2D eigenvalue weighted by molar-refractivity contribution is 9.10. The van der Waals surface area contributed by atoms with Gasteiger partial charge in [-0.05, 0) is 24.5 Å². The van der Waals surface area contributed by atoms with Gasteiger partial charge in [0.05, 0.1) is 0 Å². The Labute approximate surface area is 138 Å². The van der Waals surface area contributed by atoms with Crippen molar-refractivity contribution < 1.29 is 4.39 Å². The first-order valence-corrected chi connectivity index (χ1v) is 8.45. The molecule has 3 rings (SSSR count). The van der Waals surface area contributed by atoms with Crippen LogP contribution < -0.4 is 0 Å². The van der Waals surface area contributed by atoms with Gasteiger partial charge in [-0.1, -0.05) is 45.7 Å². The van der Waals surface area contributed by atoms with Gasteiger partial charge in [-0.15, -0.1) is 11.8 Å². The number of aromatic nitrogens is 2. The molecule has 2 aromatic carbocycles. The van der Waals surface area contributed by atoms with E-state index in [2.05, 4.69) is 25.9 Å². The van der Waals surface area contributed by atoms with Gasteiger partial charge < -0.3 is 0 Å². The lowest BCUT2D eigenvalue weighted by atomic mass is 10.2. The number of rotatable bonds is 2. The van der Waals surface area contributed by atoms with E-state index in [1.807, 2.05) is 30.5 Å². The summed E-state index contributed by atoms with van der Waals surface area (Å²) in [6, 6.07) is 10.8. The first kappa shape index (κ1) is 14.8. The lowest BCUT2D eigenvalue weighted by Crippen LogP contribution is -1.95. The van der Waals surface area contributed by atoms with Gasteiger partial charge in [0.15, 0.2) is 11.6 Å². The van der Waals surface area contributed by atoms with E-state index < -0.39 is 5.82 Å². The minimum absolute atomic E-state index is 0.226. The Kier molecular flexibility index (Phi) is 4.15. The Bertz CT molecular complexity index is 841. The number of benzene rings is 2.